The highest BCUT2D eigenvalue weighted by molar-refractivity contribution is 5.94. The van der Waals surface area contributed by atoms with Gasteiger partial charge in [0, 0.05) is 62.9 Å². The second-order valence-corrected chi connectivity index (χ2v) is 5.80. The van der Waals surface area contributed by atoms with Gasteiger partial charge in [-0.1, -0.05) is 0 Å². The number of benzene rings is 1. The molecule has 0 spiro atoms. The van der Waals surface area contributed by atoms with Gasteiger partial charge in [0.05, 0.1) is 0 Å². The molecule has 1 aliphatic heterocycles. The number of pyridine rings is 1. The molecule has 1 aromatic carbocycles. The molecule has 0 unspecified atom stereocenters. The number of nitrogens with one attached hydrogen (secondary N) is 1. The van der Waals surface area contributed by atoms with Crippen molar-refractivity contribution in [2.45, 2.75) is 0 Å². The van der Waals surface area contributed by atoms with E-state index in [4.69, 9.17) is 0 Å². The van der Waals surface area contributed by atoms with Gasteiger partial charge in [-0.05, 0) is 36.4 Å². The molecule has 0 aliphatic carbocycles. The van der Waals surface area contributed by atoms with Crippen LogP contribution in [0.4, 0.5) is 10.1 Å². The third-order valence-corrected chi connectivity index (χ3v) is 4.22. The summed E-state index contributed by atoms with van der Waals surface area (Å²) in [7, 11) is 0. The Balaban J connectivity index is 1.39. The van der Waals surface area contributed by atoms with Crippen LogP contribution in [0.2, 0.25) is 0 Å². The van der Waals surface area contributed by atoms with Crippen molar-refractivity contribution in [1.82, 2.24) is 15.2 Å². The summed E-state index contributed by atoms with van der Waals surface area (Å²) in [5.41, 5.74) is 1.69. The SMILES string of the molecule is O=C(NCCN1CCN(c2ccncc2)CC1)c1ccc(F)cc1. The quantitative estimate of drug-likeness (QED) is 0.909. The van der Waals surface area contributed by atoms with Gasteiger partial charge in [-0.15, -0.1) is 0 Å². The van der Waals surface area contributed by atoms with Gasteiger partial charge in [0.15, 0.2) is 0 Å². The van der Waals surface area contributed by atoms with Gasteiger partial charge in [0.25, 0.3) is 5.91 Å². The number of rotatable bonds is 5. The number of hydrogen-bond donors (Lipinski definition) is 1. The minimum absolute atomic E-state index is 0.162. The molecular weight excluding hydrogens is 307 g/mol. The Morgan fingerprint density at radius 3 is 2.38 bits per heavy atom. The van der Waals surface area contributed by atoms with Crippen LogP contribution < -0.4 is 10.2 Å². The van der Waals surface area contributed by atoms with Crippen molar-refractivity contribution in [2.75, 3.05) is 44.2 Å². The molecule has 5 nitrogen and oxygen atoms in total. The fourth-order valence-electron chi connectivity index (χ4n) is 2.82. The van der Waals surface area contributed by atoms with Crippen molar-refractivity contribution in [1.29, 1.82) is 0 Å². The summed E-state index contributed by atoms with van der Waals surface area (Å²) in [6.07, 6.45) is 3.62. The lowest BCUT2D eigenvalue weighted by atomic mass is 10.2. The van der Waals surface area contributed by atoms with Crippen LogP contribution in [0.25, 0.3) is 0 Å². The Hall–Kier alpha value is -2.47. The molecule has 2 heterocycles. The number of halogens is 1. The Bertz CT molecular complexity index is 654. The summed E-state index contributed by atoms with van der Waals surface area (Å²) in [6, 6.07) is 9.65. The molecule has 1 aromatic heterocycles. The fraction of sp³-hybridized carbons (Fsp3) is 0.333. The topological polar surface area (TPSA) is 48.5 Å². The molecule has 6 heteroatoms. The first kappa shape index (κ1) is 16.4. The van der Waals surface area contributed by atoms with Gasteiger partial charge in [0.2, 0.25) is 0 Å². The summed E-state index contributed by atoms with van der Waals surface area (Å²) in [4.78, 5) is 20.7. The number of amides is 1. The molecule has 1 amide bonds. The second-order valence-electron chi connectivity index (χ2n) is 5.80. The zero-order chi connectivity index (χ0) is 16.8. The third kappa shape index (κ3) is 4.29. The first-order valence-corrected chi connectivity index (χ1v) is 8.13. The smallest absolute Gasteiger partial charge is 0.251 e. The van der Waals surface area contributed by atoms with Crippen molar-refractivity contribution < 1.29 is 9.18 Å². The number of anilines is 1. The monoisotopic (exact) mass is 328 g/mol. The molecular formula is C18H21FN4O. The fourth-order valence-corrected chi connectivity index (χ4v) is 2.82. The molecule has 3 rings (SSSR count). The van der Waals surface area contributed by atoms with Gasteiger partial charge >= 0.3 is 0 Å². The largest absolute Gasteiger partial charge is 0.369 e. The lowest BCUT2D eigenvalue weighted by Crippen LogP contribution is -2.48. The number of nitrogens with zero attached hydrogens (tertiary/aromatic N) is 3. The average Bonchev–Trinajstić information content (AvgIpc) is 2.63. The zero-order valence-electron chi connectivity index (χ0n) is 13.5. The maximum atomic E-state index is 12.9. The van der Waals surface area contributed by atoms with E-state index in [2.05, 4.69) is 20.1 Å². The van der Waals surface area contributed by atoms with Gasteiger partial charge < -0.3 is 10.2 Å². The van der Waals surface area contributed by atoms with Crippen LogP contribution in [0.1, 0.15) is 10.4 Å². The van der Waals surface area contributed by atoms with Crippen molar-refractivity contribution in [3.63, 3.8) is 0 Å². The summed E-state index contributed by atoms with van der Waals surface area (Å²) in [5.74, 6) is -0.496. The third-order valence-electron chi connectivity index (χ3n) is 4.22. The van der Waals surface area contributed by atoms with E-state index >= 15 is 0 Å². The van der Waals surface area contributed by atoms with Crippen molar-refractivity contribution in [3.05, 3.63) is 60.2 Å². The van der Waals surface area contributed by atoms with E-state index in [-0.39, 0.29) is 11.7 Å². The standard InChI is InChI=1S/C18H21FN4O/c19-16-3-1-15(2-4-16)18(24)21-9-10-22-11-13-23(14-12-22)17-5-7-20-8-6-17/h1-8H,9-14H2,(H,21,24). The second kappa shape index (κ2) is 7.88. The van der Waals surface area contributed by atoms with Crippen LogP contribution in [-0.2, 0) is 0 Å². The molecule has 1 saturated heterocycles. The van der Waals surface area contributed by atoms with Crippen LogP contribution in [0, 0.1) is 5.82 Å². The zero-order valence-corrected chi connectivity index (χ0v) is 13.5. The molecule has 1 fully saturated rings. The van der Waals surface area contributed by atoms with Crippen molar-refractivity contribution in [3.8, 4) is 0 Å². The molecule has 1 aliphatic rings. The lowest BCUT2D eigenvalue weighted by molar-refractivity contribution is 0.0947. The van der Waals surface area contributed by atoms with E-state index < -0.39 is 0 Å². The molecule has 126 valence electrons. The lowest BCUT2D eigenvalue weighted by Gasteiger charge is -2.36. The van der Waals surface area contributed by atoms with E-state index in [0.29, 0.717) is 12.1 Å². The minimum atomic E-state index is -0.335. The number of piperazine rings is 1. The van der Waals surface area contributed by atoms with E-state index in [0.717, 1.165) is 32.7 Å². The summed E-state index contributed by atoms with van der Waals surface area (Å²) in [5, 5.41) is 2.88. The molecule has 0 saturated carbocycles. The molecule has 2 aromatic rings. The van der Waals surface area contributed by atoms with Crippen LogP contribution in [0.5, 0.6) is 0 Å². The molecule has 0 bridgehead atoms. The van der Waals surface area contributed by atoms with E-state index in [1.807, 2.05) is 24.5 Å². The highest BCUT2D eigenvalue weighted by Crippen LogP contribution is 2.14. The van der Waals surface area contributed by atoms with E-state index in [9.17, 15) is 9.18 Å². The normalized spacial score (nSPS) is 15.3. The number of hydrogen-bond acceptors (Lipinski definition) is 4. The number of carbonyl (C=O) groups is 1. The Labute approximate surface area is 141 Å². The van der Waals surface area contributed by atoms with Crippen LogP contribution in [0.3, 0.4) is 0 Å². The minimum Gasteiger partial charge on any atom is -0.369 e. The maximum absolute atomic E-state index is 12.9. The predicted octanol–water partition coefficient (Wildman–Crippen LogP) is 1.77. The Morgan fingerprint density at radius 1 is 1.04 bits per heavy atom. The van der Waals surface area contributed by atoms with Gasteiger partial charge in [-0.3, -0.25) is 14.7 Å². The first-order chi connectivity index (χ1) is 11.7. The summed E-state index contributed by atoms with van der Waals surface area (Å²) in [6.45, 7) is 5.28. The van der Waals surface area contributed by atoms with Crippen molar-refractivity contribution >= 4 is 11.6 Å². The van der Waals surface area contributed by atoms with Gasteiger partial charge in [-0.2, -0.15) is 0 Å². The average molecular weight is 328 g/mol. The van der Waals surface area contributed by atoms with E-state index in [1.165, 1.54) is 30.0 Å². The van der Waals surface area contributed by atoms with Crippen LogP contribution in [-0.4, -0.2) is 55.1 Å². The summed E-state index contributed by atoms with van der Waals surface area (Å²) < 4.78 is 12.9. The predicted molar refractivity (Wildman–Crippen MR) is 91.6 cm³/mol. The molecule has 1 N–H and O–H groups in total. The van der Waals surface area contributed by atoms with Crippen LogP contribution >= 0.6 is 0 Å². The Kier molecular flexibility index (Phi) is 5.38. The first-order valence-electron chi connectivity index (χ1n) is 8.13. The highest BCUT2D eigenvalue weighted by Gasteiger charge is 2.17. The van der Waals surface area contributed by atoms with Gasteiger partial charge in [0.1, 0.15) is 5.82 Å². The van der Waals surface area contributed by atoms with E-state index in [1.54, 1.807) is 0 Å². The van der Waals surface area contributed by atoms with Crippen LogP contribution in [0.15, 0.2) is 48.8 Å². The molecule has 0 atom stereocenters. The number of aromatic nitrogens is 1. The molecule has 24 heavy (non-hydrogen) atoms. The maximum Gasteiger partial charge on any atom is 0.251 e. The van der Waals surface area contributed by atoms with Crippen molar-refractivity contribution in [2.24, 2.45) is 0 Å². The Morgan fingerprint density at radius 2 is 1.71 bits per heavy atom. The summed E-state index contributed by atoms with van der Waals surface area (Å²) >= 11 is 0. The number of carbonyl (C=O) groups excluding carboxylic acids is 1. The highest BCUT2D eigenvalue weighted by atomic mass is 19.1. The van der Waals surface area contributed by atoms with Gasteiger partial charge in [-0.25, -0.2) is 4.39 Å². The molecule has 0 radical (unpaired) electrons.